The number of rotatable bonds is 6. The number of urea groups is 1. The van der Waals surface area contributed by atoms with Crippen molar-refractivity contribution in [2.45, 2.75) is 18.9 Å². The Bertz CT molecular complexity index is 841. The fraction of sp³-hybridized carbons (Fsp3) is 0.263. The van der Waals surface area contributed by atoms with Gasteiger partial charge in [-0.15, -0.1) is 0 Å². The van der Waals surface area contributed by atoms with Crippen LogP contribution < -0.4 is 10.6 Å². The smallest absolute Gasteiger partial charge is 0.319 e. The molecule has 1 fully saturated rings. The van der Waals surface area contributed by atoms with Gasteiger partial charge in [-0.3, -0.25) is 14.9 Å². The van der Waals surface area contributed by atoms with Gasteiger partial charge in [-0.25, -0.2) is 4.79 Å². The van der Waals surface area contributed by atoms with Gasteiger partial charge < -0.3 is 15.5 Å². The summed E-state index contributed by atoms with van der Waals surface area (Å²) < 4.78 is 0. The number of nitrogens with zero attached hydrogens (tertiary/aromatic N) is 2. The summed E-state index contributed by atoms with van der Waals surface area (Å²) in [6, 6.07) is 14.3. The average molecular weight is 368 g/mol. The monoisotopic (exact) mass is 368 g/mol. The molecule has 1 saturated heterocycles. The molecule has 0 aliphatic carbocycles. The Morgan fingerprint density at radius 1 is 1.19 bits per heavy atom. The summed E-state index contributed by atoms with van der Waals surface area (Å²) in [5, 5.41) is 16.3. The number of nitro benzene ring substituents is 1. The summed E-state index contributed by atoms with van der Waals surface area (Å²) in [5.74, 6) is 0.0804. The molecule has 0 saturated carbocycles. The first-order valence-electron chi connectivity index (χ1n) is 8.67. The standard InChI is InChI=1S/C19H20N4O4/c24-18-10-5-11-22(18)13-17(14-6-2-1-3-7-14)21-19(25)20-15-8-4-9-16(12-15)23(26)27/h1-4,6-9,12,17H,5,10-11,13H2,(H2,20,21,25)/t17-/m0/s1. The first-order valence-corrected chi connectivity index (χ1v) is 8.67. The molecule has 2 aromatic carbocycles. The lowest BCUT2D eigenvalue weighted by Gasteiger charge is -2.25. The Balaban J connectivity index is 1.71. The number of likely N-dealkylation sites (tertiary alicyclic amines) is 1. The van der Waals surface area contributed by atoms with Gasteiger partial charge in [-0.2, -0.15) is 0 Å². The van der Waals surface area contributed by atoms with Crippen LogP contribution in [0, 0.1) is 10.1 Å². The lowest BCUT2D eigenvalue weighted by atomic mass is 10.1. The van der Waals surface area contributed by atoms with Crippen LogP contribution in [-0.2, 0) is 4.79 Å². The molecule has 0 radical (unpaired) electrons. The minimum absolute atomic E-state index is 0.0804. The van der Waals surface area contributed by atoms with Crippen molar-refractivity contribution in [3.63, 3.8) is 0 Å². The normalized spacial score (nSPS) is 14.7. The first-order chi connectivity index (χ1) is 13.0. The maximum Gasteiger partial charge on any atom is 0.319 e. The molecule has 2 aromatic rings. The van der Waals surface area contributed by atoms with Gasteiger partial charge in [-0.1, -0.05) is 36.4 Å². The van der Waals surface area contributed by atoms with E-state index in [2.05, 4.69) is 10.6 Å². The molecule has 1 heterocycles. The fourth-order valence-electron chi connectivity index (χ4n) is 3.06. The van der Waals surface area contributed by atoms with E-state index in [1.54, 1.807) is 11.0 Å². The zero-order valence-electron chi connectivity index (χ0n) is 14.6. The Morgan fingerprint density at radius 3 is 2.63 bits per heavy atom. The molecule has 3 amide bonds. The quantitative estimate of drug-likeness (QED) is 0.604. The number of anilines is 1. The summed E-state index contributed by atoms with van der Waals surface area (Å²) in [5.41, 5.74) is 1.10. The van der Waals surface area contributed by atoms with Crippen LogP contribution in [0.1, 0.15) is 24.4 Å². The fourth-order valence-corrected chi connectivity index (χ4v) is 3.06. The Kier molecular flexibility index (Phi) is 5.65. The number of hydrogen-bond acceptors (Lipinski definition) is 4. The molecule has 27 heavy (non-hydrogen) atoms. The highest BCUT2D eigenvalue weighted by Crippen LogP contribution is 2.20. The van der Waals surface area contributed by atoms with Gasteiger partial charge in [-0.05, 0) is 18.1 Å². The van der Waals surface area contributed by atoms with Crippen molar-refractivity contribution in [3.8, 4) is 0 Å². The van der Waals surface area contributed by atoms with Gasteiger partial charge in [0, 0.05) is 37.3 Å². The number of non-ortho nitro benzene ring substituents is 1. The molecule has 8 nitrogen and oxygen atoms in total. The molecule has 140 valence electrons. The van der Waals surface area contributed by atoms with E-state index in [-0.39, 0.29) is 17.6 Å². The van der Waals surface area contributed by atoms with Crippen LogP contribution in [0.2, 0.25) is 0 Å². The van der Waals surface area contributed by atoms with E-state index in [4.69, 9.17) is 0 Å². The Morgan fingerprint density at radius 2 is 1.96 bits per heavy atom. The number of carbonyl (C=O) groups excluding carboxylic acids is 2. The molecule has 1 atom stereocenters. The van der Waals surface area contributed by atoms with Crippen LogP contribution >= 0.6 is 0 Å². The topological polar surface area (TPSA) is 105 Å². The number of benzene rings is 2. The molecular weight excluding hydrogens is 348 g/mol. The van der Waals surface area contributed by atoms with Crippen LogP contribution in [0.3, 0.4) is 0 Å². The molecule has 3 rings (SSSR count). The third-order valence-corrected chi connectivity index (χ3v) is 4.40. The summed E-state index contributed by atoms with van der Waals surface area (Å²) in [7, 11) is 0. The molecular formula is C19H20N4O4. The second kappa shape index (κ2) is 8.31. The van der Waals surface area contributed by atoms with Crippen molar-refractivity contribution in [3.05, 3.63) is 70.3 Å². The third-order valence-electron chi connectivity index (χ3n) is 4.40. The van der Waals surface area contributed by atoms with Crippen LogP contribution in [0.4, 0.5) is 16.2 Å². The van der Waals surface area contributed by atoms with Gasteiger partial charge in [0.25, 0.3) is 5.69 Å². The highest BCUT2D eigenvalue weighted by molar-refractivity contribution is 5.90. The number of nitro groups is 1. The SMILES string of the molecule is O=C(Nc1cccc([N+](=O)[O-])c1)N[C@@H](CN1CCCC1=O)c1ccccc1. The minimum Gasteiger partial charge on any atom is -0.340 e. The highest BCUT2D eigenvalue weighted by Gasteiger charge is 2.25. The van der Waals surface area contributed by atoms with Crippen LogP contribution in [0.15, 0.2) is 54.6 Å². The van der Waals surface area contributed by atoms with Gasteiger partial charge in [0.2, 0.25) is 5.91 Å². The van der Waals surface area contributed by atoms with Crippen molar-refractivity contribution in [2.24, 2.45) is 0 Å². The third kappa shape index (κ3) is 4.81. The largest absolute Gasteiger partial charge is 0.340 e. The van der Waals surface area contributed by atoms with Crippen molar-refractivity contribution >= 4 is 23.3 Å². The lowest BCUT2D eigenvalue weighted by molar-refractivity contribution is -0.384. The summed E-state index contributed by atoms with van der Waals surface area (Å²) in [6.45, 7) is 1.06. The van der Waals surface area contributed by atoms with Gasteiger partial charge in [0.1, 0.15) is 0 Å². The van der Waals surface area contributed by atoms with Crippen LogP contribution in [-0.4, -0.2) is 34.9 Å². The molecule has 1 aliphatic rings. The van der Waals surface area contributed by atoms with E-state index in [0.29, 0.717) is 25.2 Å². The predicted molar refractivity (Wildman–Crippen MR) is 100 cm³/mol. The lowest BCUT2D eigenvalue weighted by Crippen LogP contribution is -2.40. The minimum atomic E-state index is -0.519. The van der Waals surface area contributed by atoms with Crippen molar-refractivity contribution < 1.29 is 14.5 Å². The Labute approximate surface area is 156 Å². The maximum atomic E-state index is 12.4. The summed E-state index contributed by atoms with van der Waals surface area (Å²) in [4.78, 5) is 36.5. The van der Waals surface area contributed by atoms with Crippen molar-refractivity contribution in [1.82, 2.24) is 10.2 Å². The molecule has 1 aliphatic heterocycles. The predicted octanol–water partition coefficient (Wildman–Crippen LogP) is 3.08. The van der Waals surface area contributed by atoms with E-state index in [0.717, 1.165) is 12.0 Å². The number of amides is 3. The van der Waals surface area contributed by atoms with Crippen molar-refractivity contribution in [2.75, 3.05) is 18.4 Å². The van der Waals surface area contributed by atoms with E-state index in [1.165, 1.54) is 18.2 Å². The second-order valence-electron chi connectivity index (χ2n) is 6.31. The molecule has 0 aromatic heterocycles. The molecule has 0 spiro atoms. The zero-order chi connectivity index (χ0) is 19.2. The average Bonchev–Trinajstić information content (AvgIpc) is 3.07. The van der Waals surface area contributed by atoms with Gasteiger partial charge >= 0.3 is 6.03 Å². The first kappa shape index (κ1) is 18.4. The van der Waals surface area contributed by atoms with Gasteiger partial charge in [0.05, 0.1) is 11.0 Å². The van der Waals surface area contributed by atoms with Crippen LogP contribution in [0.25, 0.3) is 0 Å². The summed E-state index contributed by atoms with van der Waals surface area (Å²) in [6.07, 6.45) is 1.35. The van der Waals surface area contributed by atoms with E-state index < -0.39 is 11.0 Å². The second-order valence-corrected chi connectivity index (χ2v) is 6.31. The molecule has 2 N–H and O–H groups in total. The van der Waals surface area contributed by atoms with E-state index in [1.807, 2.05) is 30.3 Å². The number of hydrogen-bond donors (Lipinski definition) is 2. The zero-order valence-corrected chi connectivity index (χ0v) is 14.6. The number of carbonyl (C=O) groups is 2. The Hall–Kier alpha value is -3.42. The van der Waals surface area contributed by atoms with E-state index >= 15 is 0 Å². The number of nitrogens with one attached hydrogen (secondary N) is 2. The maximum absolute atomic E-state index is 12.4. The molecule has 8 heteroatoms. The molecule has 0 bridgehead atoms. The summed E-state index contributed by atoms with van der Waals surface area (Å²) >= 11 is 0. The highest BCUT2D eigenvalue weighted by atomic mass is 16.6. The van der Waals surface area contributed by atoms with Gasteiger partial charge in [0.15, 0.2) is 0 Å². The van der Waals surface area contributed by atoms with E-state index in [9.17, 15) is 19.7 Å². The van der Waals surface area contributed by atoms with Crippen LogP contribution in [0.5, 0.6) is 0 Å². The molecule has 0 unspecified atom stereocenters. The van der Waals surface area contributed by atoms with Crippen molar-refractivity contribution in [1.29, 1.82) is 0 Å².